The quantitative estimate of drug-likeness (QED) is 0.844. The third-order valence-electron chi connectivity index (χ3n) is 2.27. The lowest BCUT2D eigenvalue weighted by molar-refractivity contribution is 0.570. The molecule has 3 N–H and O–H groups in total. The number of aromatic nitrogens is 1. The second kappa shape index (κ2) is 5.43. The number of nitrogens with one attached hydrogen (secondary N) is 1. The van der Waals surface area contributed by atoms with Crippen LogP contribution < -0.4 is 10.5 Å². The molecule has 0 radical (unpaired) electrons. The van der Waals surface area contributed by atoms with Crippen LogP contribution in [0.1, 0.15) is 0 Å². The van der Waals surface area contributed by atoms with E-state index in [9.17, 15) is 12.8 Å². The van der Waals surface area contributed by atoms with Gasteiger partial charge in [0.2, 0.25) is 0 Å². The maximum Gasteiger partial charge on any atom is 0.266 e. The van der Waals surface area contributed by atoms with Gasteiger partial charge in [-0.3, -0.25) is 4.72 Å². The highest BCUT2D eigenvalue weighted by molar-refractivity contribution is 7.92. The van der Waals surface area contributed by atoms with Crippen LogP contribution in [-0.4, -0.2) is 13.4 Å². The average Bonchev–Trinajstić information content (AvgIpc) is 2.36. The van der Waals surface area contributed by atoms with Gasteiger partial charge in [0, 0.05) is 11.9 Å². The number of nitrogens with two attached hydrogens (primary N) is 1. The third kappa shape index (κ3) is 3.12. The van der Waals surface area contributed by atoms with Gasteiger partial charge in [-0.25, -0.2) is 17.8 Å². The second-order valence-electron chi connectivity index (χ2n) is 3.78. The normalized spacial score (nSPS) is 11.3. The van der Waals surface area contributed by atoms with Crippen molar-refractivity contribution in [3.63, 3.8) is 0 Å². The highest BCUT2D eigenvalue weighted by Gasteiger charge is 2.22. The Morgan fingerprint density at radius 2 is 1.95 bits per heavy atom. The fourth-order valence-corrected chi connectivity index (χ4v) is 2.95. The first kappa shape index (κ1) is 14.8. The first-order valence-electron chi connectivity index (χ1n) is 5.18. The van der Waals surface area contributed by atoms with Gasteiger partial charge in [-0.15, -0.1) is 0 Å². The Bertz CT molecular complexity index is 751. The predicted molar refractivity (Wildman–Crippen MR) is 75.9 cm³/mol. The number of nitrogen functional groups attached to an aromatic ring is 1. The van der Waals surface area contributed by atoms with E-state index in [4.69, 9.17) is 28.9 Å². The van der Waals surface area contributed by atoms with E-state index in [1.807, 2.05) is 0 Å². The number of hydrogen-bond donors (Lipinski definition) is 2. The molecule has 1 aromatic carbocycles. The summed E-state index contributed by atoms with van der Waals surface area (Å²) in [5, 5.41) is -0.0411. The lowest BCUT2D eigenvalue weighted by Gasteiger charge is -2.09. The molecule has 0 amide bonds. The van der Waals surface area contributed by atoms with E-state index in [0.29, 0.717) is 5.02 Å². The number of anilines is 2. The van der Waals surface area contributed by atoms with E-state index in [2.05, 4.69) is 9.71 Å². The van der Waals surface area contributed by atoms with Crippen LogP contribution >= 0.6 is 23.2 Å². The Hall–Kier alpha value is -1.57. The van der Waals surface area contributed by atoms with E-state index in [1.54, 1.807) is 0 Å². The molecule has 106 valence electrons. The molecule has 0 aliphatic carbocycles. The zero-order valence-electron chi connectivity index (χ0n) is 9.77. The minimum atomic E-state index is -4.20. The maximum atomic E-state index is 13.8. The largest absolute Gasteiger partial charge is 0.399 e. The van der Waals surface area contributed by atoms with Crippen molar-refractivity contribution in [2.24, 2.45) is 0 Å². The minimum absolute atomic E-state index is 0.00709. The monoisotopic (exact) mass is 335 g/mol. The molecule has 20 heavy (non-hydrogen) atoms. The van der Waals surface area contributed by atoms with E-state index in [-0.39, 0.29) is 16.5 Å². The number of halogens is 3. The zero-order chi connectivity index (χ0) is 14.9. The van der Waals surface area contributed by atoms with Crippen LogP contribution in [0.15, 0.2) is 35.4 Å². The molecule has 1 aromatic heterocycles. The SMILES string of the molecule is Nc1cc(Cl)c(F)c(S(=O)(=O)Nc2ccc(Cl)cn2)c1. The molecule has 0 aliphatic heterocycles. The summed E-state index contributed by atoms with van der Waals surface area (Å²) in [6.07, 6.45) is 1.25. The van der Waals surface area contributed by atoms with E-state index >= 15 is 0 Å². The summed E-state index contributed by atoms with van der Waals surface area (Å²) in [6.45, 7) is 0. The predicted octanol–water partition coefficient (Wildman–Crippen LogP) is 2.91. The molecule has 0 unspecified atom stereocenters. The van der Waals surface area contributed by atoms with Crippen molar-refractivity contribution in [1.29, 1.82) is 0 Å². The molecule has 0 bridgehead atoms. The van der Waals surface area contributed by atoms with Gasteiger partial charge < -0.3 is 5.73 Å². The van der Waals surface area contributed by atoms with Gasteiger partial charge >= 0.3 is 0 Å². The molecule has 0 spiro atoms. The van der Waals surface area contributed by atoms with E-state index in [0.717, 1.165) is 12.1 Å². The van der Waals surface area contributed by atoms with Crippen molar-refractivity contribution in [1.82, 2.24) is 4.98 Å². The molecule has 0 fully saturated rings. The molecule has 2 aromatic rings. The lowest BCUT2D eigenvalue weighted by Crippen LogP contribution is -2.16. The molecule has 2 rings (SSSR count). The fourth-order valence-electron chi connectivity index (χ4n) is 1.41. The van der Waals surface area contributed by atoms with Gasteiger partial charge in [0.25, 0.3) is 10.0 Å². The molecule has 9 heteroatoms. The number of nitrogens with zero attached hydrogens (tertiary/aromatic N) is 1. The fraction of sp³-hybridized carbons (Fsp3) is 0. The summed E-state index contributed by atoms with van der Waals surface area (Å²) in [5.41, 5.74) is 5.49. The number of benzene rings is 1. The summed E-state index contributed by atoms with van der Waals surface area (Å²) in [7, 11) is -4.20. The summed E-state index contributed by atoms with van der Waals surface area (Å²) < 4.78 is 40.0. The molecule has 0 saturated carbocycles. The van der Waals surface area contributed by atoms with Gasteiger partial charge in [0.15, 0.2) is 5.82 Å². The van der Waals surface area contributed by atoms with Gasteiger partial charge in [-0.1, -0.05) is 23.2 Å². The van der Waals surface area contributed by atoms with Gasteiger partial charge in [-0.2, -0.15) is 0 Å². The number of rotatable bonds is 3. The van der Waals surface area contributed by atoms with E-state index < -0.39 is 20.7 Å². The van der Waals surface area contributed by atoms with Crippen molar-refractivity contribution in [3.8, 4) is 0 Å². The number of pyridine rings is 1. The van der Waals surface area contributed by atoms with Crippen LogP contribution in [0.2, 0.25) is 10.0 Å². The highest BCUT2D eigenvalue weighted by Crippen LogP contribution is 2.27. The maximum absolute atomic E-state index is 13.8. The van der Waals surface area contributed by atoms with Crippen LogP contribution in [0.3, 0.4) is 0 Å². The van der Waals surface area contributed by atoms with Crippen LogP contribution in [0.5, 0.6) is 0 Å². The molecular formula is C11H8Cl2FN3O2S. The van der Waals surface area contributed by atoms with Crippen LogP contribution in [0.4, 0.5) is 15.9 Å². The first-order valence-corrected chi connectivity index (χ1v) is 7.42. The van der Waals surface area contributed by atoms with Gasteiger partial charge in [0.1, 0.15) is 10.7 Å². The Kier molecular flexibility index (Phi) is 4.03. The highest BCUT2D eigenvalue weighted by atomic mass is 35.5. The summed E-state index contributed by atoms with van der Waals surface area (Å²) in [6, 6.07) is 4.87. The van der Waals surface area contributed by atoms with Gasteiger partial charge in [0.05, 0.1) is 10.0 Å². The zero-order valence-corrected chi connectivity index (χ0v) is 12.1. The van der Waals surface area contributed by atoms with Crippen LogP contribution in [0.25, 0.3) is 0 Å². The summed E-state index contributed by atoms with van der Waals surface area (Å²) in [4.78, 5) is 3.10. The third-order valence-corrected chi connectivity index (χ3v) is 4.13. The molecule has 1 heterocycles. The molecule has 0 atom stereocenters. The Morgan fingerprint density at radius 3 is 2.55 bits per heavy atom. The average molecular weight is 336 g/mol. The summed E-state index contributed by atoms with van der Waals surface area (Å²) >= 11 is 11.2. The number of hydrogen-bond acceptors (Lipinski definition) is 4. The Morgan fingerprint density at radius 1 is 1.25 bits per heavy atom. The minimum Gasteiger partial charge on any atom is -0.399 e. The standard InChI is InChI=1S/C11H8Cl2FN3O2S/c12-6-1-2-10(16-5-6)17-20(18,19)9-4-7(15)3-8(13)11(9)14/h1-5H,15H2,(H,16,17). The Labute approximate surface area is 124 Å². The molecule has 0 saturated heterocycles. The molecule has 0 aliphatic rings. The first-order chi connectivity index (χ1) is 9.29. The van der Waals surface area contributed by atoms with Crippen molar-refractivity contribution < 1.29 is 12.8 Å². The second-order valence-corrected chi connectivity index (χ2v) is 6.28. The van der Waals surface area contributed by atoms with Crippen LogP contribution in [-0.2, 0) is 10.0 Å². The smallest absolute Gasteiger partial charge is 0.266 e. The number of sulfonamides is 1. The van der Waals surface area contributed by atoms with Crippen LogP contribution in [0, 0.1) is 5.82 Å². The summed E-state index contributed by atoms with van der Waals surface area (Å²) in [5.74, 6) is -1.09. The lowest BCUT2D eigenvalue weighted by atomic mass is 10.3. The van der Waals surface area contributed by atoms with Crippen molar-refractivity contribution >= 4 is 44.7 Å². The molecular weight excluding hydrogens is 328 g/mol. The van der Waals surface area contributed by atoms with Crippen molar-refractivity contribution in [2.75, 3.05) is 10.5 Å². The van der Waals surface area contributed by atoms with Gasteiger partial charge in [-0.05, 0) is 24.3 Å². The van der Waals surface area contributed by atoms with Crippen molar-refractivity contribution in [2.45, 2.75) is 4.90 Å². The van der Waals surface area contributed by atoms with Crippen molar-refractivity contribution in [3.05, 3.63) is 46.3 Å². The molecule has 5 nitrogen and oxygen atoms in total. The topological polar surface area (TPSA) is 85.1 Å². The Balaban J connectivity index is 2.43. The van der Waals surface area contributed by atoms with E-state index in [1.165, 1.54) is 18.3 Å².